The lowest BCUT2D eigenvalue weighted by Crippen LogP contribution is -2.17. The highest BCUT2D eigenvalue weighted by Gasteiger charge is 1.94. The quantitative estimate of drug-likeness (QED) is 0.485. The topological polar surface area (TPSA) is 52.3 Å². The second kappa shape index (κ2) is 5.53. The molecule has 0 rings (SSSR count). The van der Waals surface area contributed by atoms with Crippen LogP contribution in [0.5, 0.6) is 0 Å². The third-order valence-electron chi connectivity index (χ3n) is 0.997. The first-order valence-electron chi connectivity index (χ1n) is 3.40. The van der Waals surface area contributed by atoms with Gasteiger partial charge in [-0.2, -0.15) is 0 Å². The van der Waals surface area contributed by atoms with Crippen LogP contribution in [-0.2, 0) is 9.53 Å². The van der Waals surface area contributed by atoms with Crippen molar-refractivity contribution < 1.29 is 9.53 Å². The van der Waals surface area contributed by atoms with Crippen LogP contribution in [0.3, 0.4) is 0 Å². The van der Waals surface area contributed by atoms with Gasteiger partial charge in [0.1, 0.15) is 5.76 Å². The number of rotatable bonds is 4. The van der Waals surface area contributed by atoms with Gasteiger partial charge in [0.25, 0.3) is 5.91 Å². The van der Waals surface area contributed by atoms with E-state index in [0.29, 0.717) is 5.76 Å². The molecule has 0 heterocycles. The lowest BCUT2D eigenvalue weighted by molar-refractivity contribution is -0.121. The van der Waals surface area contributed by atoms with Crippen molar-refractivity contribution in [3.05, 3.63) is 24.0 Å². The van der Waals surface area contributed by atoms with E-state index in [9.17, 15) is 4.79 Å². The lowest BCUT2D eigenvalue weighted by atomic mass is 10.4. The van der Waals surface area contributed by atoms with Crippen molar-refractivity contribution in [2.24, 2.45) is 5.73 Å². The Morgan fingerprint density at radius 3 is 2.55 bits per heavy atom. The molecule has 0 bridgehead atoms. The normalized spacial score (nSPS) is 12.0. The average molecular weight is 155 g/mol. The molecule has 0 aliphatic carbocycles. The maximum Gasteiger partial charge on any atom is 0.255 e. The maximum atomic E-state index is 10.3. The predicted octanol–water partition coefficient (Wildman–Crippen LogP) is 0.968. The van der Waals surface area contributed by atoms with Gasteiger partial charge in [-0.15, -0.1) is 0 Å². The molecule has 11 heavy (non-hydrogen) atoms. The number of nitrogens with two attached hydrogens (primary N) is 1. The zero-order valence-electron chi connectivity index (χ0n) is 6.83. The summed E-state index contributed by atoms with van der Waals surface area (Å²) in [5.74, 6) is 0.195. The molecule has 0 radical (unpaired) electrons. The van der Waals surface area contributed by atoms with Crippen LogP contribution in [0.1, 0.15) is 13.8 Å². The fourth-order valence-electron chi connectivity index (χ4n) is 0.546. The van der Waals surface area contributed by atoms with Gasteiger partial charge in [-0.05, 0) is 26.0 Å². The number of carbonyl (C=O) groups is 1. The third-order valence-corrected chi connectivity index (χ3v) is 0.997. The zero-order valence-corrected chi connectivity index (χ0v) is 6.83. The van der Waals surface area contributed by atoms with Crippen LogP contribution in [0.2, 0.25) is 0 Å². The van der Waals surface area contributed by atoms with Gasteiger partial charge in [0, 0.05) is 0 Å². The Kier molecular flexibility index (Phi) is 4.90. The van der Waals surface area contributed by atoms with Crippen molar-refractivity contribution in [1.82, 2.24) is 0 Å². The van der Waals surface area contributed by atoms with E-state index in [4.69, 9.17) is 10.5 Å². The van der Waals surface area contributed by atoms with E-state index in [1.54, 1.807) is 12.2 Å². The lowest BCUT2D eigenvalue weighted by Gasteiger charge is -2.02. The largest absolute Gasteiger partial charge is 0.484 e. The Hall–Kier alpha value is -1.25. The van der Waals surface area contributed by atoms with Gasteiger partial charge >= 0.3 is 0 Å². The van der Waals surface area contributed by atoms with Gasteiger partial charge in [-0.1, -0.05) is 6.08 Å². The highest BCUT2D eigenvalue weighted by molar-refractivity contribution is 5.75. The molecule has 0 aromatic carbocycles. The van der Waals surface area contributed by atoms with Crippen LogP contribution >= 0.6 is 0 Å². The molecule has 0 aliphatic rings. The number of allylic oxidation sites excluding steroid dienone is 3. The molecule has 62 valence electrons. The Labute approximate surface area is 66.5 Å². The van der Waals surface area contributed by atoms with Crippen LogP contribution in [0.25, 0.3) is 0 Å². The summed E-state index contributed by atoms with van der Waals surface area (Å²) >= 11 is 0. The summed E-state index contributed by atoms with van der Waals surface area (Å²) in [7, 11) is 0. The molecule has 3 nitrogen and oxygen atoms in total. The van der Waals surface area contributed by atoms with Gasteiger partial charge in [0.05, 0.1) is 0 Å². The highest BCUT2D eigenvalue weighted by atomic mass is 16.5. The molecule has 0 saturated carbocycles. The molecular formula is C8H13NO2. The van der Waals surface area contributed by atoms with Crippen LogP contribution in [-0.4, -0.2) is 12.5 Å². The van der Waals surface area contributed by atoms with Crippen LogP contribution in [0, 0.1) is 0 Å². The summed E-state index contributed by atoms with van der Waals surface area (Å²) in [6.07, 6.45) is 5.36. The fourth-order valence-corrected chi connectivity index (χ4v) is 0.546. The number of ether oxygens (including phenoxy) is 1. The number of hydrogen-bond donors (Lipinski definition) is 1. The summed E-state index contributed by atoms with van der Waals surface area (Å²) in [6.45, 7) is 3.64. The Morgan fingerprint density at radius 2 is 2.18 bits per heavy atom. The molecule has 0 unspecified atom stereocenters. The maximum absolute atomic E-state index is 10.3. The van der Waals surface area contributed by atoms with E-state index < -0.39 is 5.91 Å². The second-order valence-corrected chi connectivity index (χ2v) is 1.95. The first kappa shape index (κ1) is 9.75. The first-order chi connectivity index (χ1) is 5.20. The molecule has 0 aliphatic heterocycles. The van der Waals surface area contributed by atoms with E-state index in [1.165, 1.54) is 0 Å². The van der Waals surface area contributed by atoms with Crippen LogP contribution in [0.4, 0.5) is 0 Å². The van der Waals surface area contributed by atoms with Gasteiger partial charge in [0.15, 0.2) is 6.61 Å². The average Bonchev–Trinajstić information content (AvgIpc) is 1.97. The summed E-state index contributed by atoms with van der Waals surface area (Å²) < 4.78 is 4.99. The van der Waals surface area contributed by atoms with Gasteiger partial charge in [-0.3, -0.25) is 4.79 Å². The van der Waals surface area contributed by atoms with Gasteiger partial charge in [0.2, 0.25) is 0 Å². The van der Waals surface area contributed by atoms with Crippen molar-refractivity contribution in [3.63, 3.8) is 0 Å². The summed E-state index contributed by atoms with van der Waals surface area (Å²) in [5, 5.41) is 0. The number of carbonyl (C=O) groups excluding carboxylic acids is 1. The van der Waals surface area contributed by atoms with E-state index in [2.05, 4.69) is 0 Å². The Balaban J connectivity index is 3.81. The molecule has 1 amide bonds. The van der Waals surface area contributed by atoms with Crippen molar-refractivity contribution in [2.75, 3.05) is 6.61 Å². The number of amides is 1. The van der Waals surface area contributed by atoms with E-state index in [-0.39, 0.29) is 6.61 Å². The minimum atomic E-state index is -0.464. The fraction of sp³-hybridized carbons (Fsp3) is 0.375. The molecule has 0 atom stereocenters. The number of hydrogen-bond acceptors (Lipinski definition) is 2. The number of primary amides is 1. The standard InChI is InChI=1S/C8H13NO2/c1-3-5-7(4-2)11-6-8(9)10/h3-5H,6H2,1-2H3,(H2,9,10)/b5-3-,7-4+. The molecule has 2 N–H and O–H groups in total. The molecule has 3 heteroatoms. The second-order valence-electron chi connectivity index (χ2n) is 1.95. The highest BCUT2D eigenvalue weighted by Crippen LogP contribution is 1.97. The SMILES string of the molecule is C/C=C\C(=C/C)OCC(N)=O. The minimum absolute atomic E-state index is 0.0655. The molecule has 0 saturated heterocycles. The van der Waals surface area contributed by atoms with E-state index in [1.807, 2.05) is 19.9 Å². The Morgan fingerprint density at radius 1 is 1.55 bits per heavy atom. The monoisotopic (exact) mass is 155 g/mol. The van der Waals surface area contributed by atoms with Crippen molar-refractivity contribution in [3.8, 4) is 0 Å². The predicted molar refractivity (Wildman–Crippen MR) is 43.7 cm³/mol. The summed E-state index contributed by atoms with van der Waals surface area (Å²) in [5.41, 5.74) is 4.88. The van der Waals surface area contributed by atoms with Gasteiger partial charge < -0.3 is 10.5 Å². The molecule has 0 spiro atoms. The summed E-state index contributed by atoms with van der Waals surface area (Å²) in [6, 6.07) is 0. The van der Waals surface area contributed by atoms with Crippen molar-refractivity contribution in [1.29, 1.82) is 0 Å². The first-order valence-corrected chi connectivity index (χ1v) is 3.40. The van der Waals surface area contributed by atoms with E-state index in [0.717, 1.165) is 0 Å². The molecule has 0 aromatic rings. The Bertz CT molecular complexity index is 183. The van der Waals surface area contributed by atoms with Crippen molar-refractivity contribution in [2.45, 2.75) is 13.8 Å². The zero-order chi connectivity index (χ0) is 8.69. The van der Waals surface area contributed by atoms with E-state index >= 15 is 0 Å². The van der Waals surface area contributed by atoms with Crippen LogP contribution in [0.15, 0.2) is 24.0 Å². The van der Waals surface area contributed by atoms with Gasteiger partial charge in [-0.25, -0.2) is 0 Å². The van der Waals surface area contributed by atoms with Crippen LogP contribution < -0.4 is 5.73 Å². The molecular weight excluding hydrogens is 142 g/mol. The molecule has 0 fully saturated rings. The molecule has 0 aromatic heterocycles. The van der Waals surface area contributed by atoms with Crippen molar-refractivity contribution >= 4 is 5.91 Å². The summed E-state index contributed by atoms with van der Waals surface area (Å²) in [4.78, 5) is 10.3. The third kappa shape index (κ3) is 5.21. The smallest absolute Gasteiger partial charge is 0.255 e. The minimum Gasteiger partial charge on any atom is -0.484 e.